The summed E-state index contributed by atoms with van der Waals surface area (Å²) in [6.07, 6.45) is 3.86. The van der Waals surface area contributed by atoms with E-state index in [9.17, 15) is 0 Å². The summed E-state index contributed by atoms with van der Waals surface area (Å²) in [5, 5.41) is 9.41. The molecule has 0 saturated carbocycles. The maximum atomic E-state index is 4.54. The second-order valence-corrected chi connectivity index (χ2v) is 4.78. The van der Waals surface area contributed by atoms with Crippen LogP contribution >= 0.6 is 0 Å². The van der Waals surface area contributed by atoms with Crippen molar-refractivity contribution in [3.8, 4) is 11.1 Å². The first-order valence-corrected chi connectivity index (χ1v) is 6.48. The van der Waals surface area contributed by atoms with E-state index >= 15 is 0 Å². The predicted molar refractivity (Wildman–Crippen MR) is 78.5 cm³/mol. The molecule has 4 heteroatoms. The fourth-order valence-corrected chi connectivity index (χ4v) is 2.45. The van der Waals surface area contributed by atoms with Gasteiger partial charge in [-0.05, 0) is 24.6 Å². The highest BCUT2D eigenvalue weighted by atomic mass is 15.2. The van der Waals surface area contributed by atoms with Crippen LogP contribution in [0.2, 0.25) is 0 Å². The molecule has 4 rings (SSSR count). The van der Waals surface area contributed by atoms with Crippen molar-refractivity contribution in [3.63, 3.8) is 0 Å². The van der Waals surface area contributed by atoms with Crippen LogP contribution in [0, 0.1) is 6.92 Å². The van der Waals surface area contributed by atoms with Crippen molar-refractivity contribution in [2.24, 2.45) is 0 Å². The number of hydrogen-bond acceptors (Lipinski definition) is 3. The number of rotatable bonds is 1. The number of aryl methyl sites for hydroxylation is 1. The van der Waals surface area contributed by atoms with E-state index in [-0.39, 0.29) is 0 Å². The number of benzene rings is 1. The Labute approximate surface area is 115 Å². The maximum absolute atomic E-state index is 4.54. The molecule has 0 saturated heterocycles. The van der Waals surface area contributed by atoms with Crippen LogP contribution in [0.4, 0.5) is 0 Å². The number of fused-ring (bicyclic) bond motifs is 3. The summed E-state index contributed by atoms with van der Waals surface area (Å²) in [5.41, 5.74) is 4.03. The van der Waals surface area contributed by atoms with E-state index in [4.69, 9.17) is 0 Å². The average molecular weight is 260 g/mol. The van der Waals surface area contributed by atoms with E-state index in [1.54, 1.807) is 0 Å². The monoisotopic (exact) mass is 260 g/mol. The molecular formula is C16H12N4. The van der Waals surface area contributed by atoms with Gasteiger partial charge in [-0.1, -0.05) is 30.3 Å². The minimum absolute atomic E-state index is 0.852. The predicted octanol–water partition coefficient (Wildman–Crippen LogP) is 3.25. The lowest BCUT2D eigenvalue weighted by Crippen LogP contribution is -1.90. The van der Waals surface area contributed by atoms with Crippen molar-refractivity contribution in [2.75, 3.05) is 0 Å². The van der Waals surface area contributed by atoms with Crippen LogP contribution in [-0.2, 0) is 0 Å². The van der Waals surface area contributed by atoms with E-state index in [1.807, 2.05) is 48.0 Å². The Morgan fingerprint density at radius 1 is 0.950 bits per heavy atom. The van der Waals surface area contributed by atoms with Gasteiger partial charge in [-0.2, -0.15) is 0 Å². The van der Waals surface area contributed by atoms with Gasteiger partial charge in [0.25, 0.3) is 0 Å². The molecular weight excluding hydrogens is 248 g/mol. The molecule has 0 atom stereocenters. The number of pyridine rings is 2. The number of nitrogens with zero attached hydrogens (tertiary/aromatic N) is 4. The van der Waals surface area contributed by atoms with Gasteiger partial charge in [0.1, 0.15) is 5.82 Å². The van der Waals surface area contributed by atoms with Gasteiger partial charge in [0, 0.05) is 23.3 Å². The van der Waals surface area contributed by atoms with Gasteiger partial charge in [0.15, 0.2) is 5.65 Å². The van der Waals surface area contributed by atoms with Gasteiger partial charge >= 0.3 is 0 Å². The molecule has 0 N–H and O–H groups in total. The summed E-state index contributed by atoms with van der Waals surface area (Å²) in [6.45, 7) is 1.94. The molecule has 3 heterocycles. The highest BCUT2D eigenvalue weighted by molar-refractivity contribution is 5.93. The molecule has 4 aromatic rings. The lowest BCUT2D eigenvalue weighted by atomic mass is 10.1. The van der Waals surface area contributed by atoms with E-state index in [1.165, 1.54) is 0 Å². The normalized spacial score (nSPS) is 11.2. The Morgan fingerprint density at radius 2 is 1.80 bits per heavy atom. The summed E-state index contributed by atoms with van der Waals surface area (Å²) < 4.78 is 1.98. The van der Waals surface area contributed by atoms with Gasteiger partial charge < -0.3 is 0 Å². The van der Waals surface area contributed by atoms with E-state index in [2.05, 4.69) is 33.4 Å². The molecule has 0 aliphatic carbocycles. The fraction of sp³-hybridized carbons (Fsp3) is 0.0625. The van der Waals surface area contributed by atoms with Crippen molar-refractivity contribution in [1.82, 2.24) is 19.6 Å². The third kappa shape index (κ3) is 1.58. The Morgan fingerprint density at radius 3 is 2.65 bits per heavy atom. The third-order valence-corrected chi connectivity index (χ3v) is 3.51. The van der Waals surface area contributed by atoms with Crippen molar-refractivity contribution in [2.45, 2.75) is 6.92 Å². The standard InChI is InChI=1S/C16H12N4/c1-11-18-19-16-14-9-13(12-5-3-2-4-6-12)10-17-15(14)7-8-20(11)16/h2-10H,1H3. The third-order valence-electron chi connectivity index (χ3n) is 3.51. The highest BCUT2D eigenvalue weighted by Gasteiger charge is 2.08. The molecule has 0 fully saturated rings. The van der Waals surface area contributed by atoms with Crippen LogP contribution in [0.15, 0.2) is 54.9 Å². The fourth-order valence-electron chi connectivity index (χ4n) is 2.45. The van der Waals surface area contributed by atoms with Crippen LogP contribution in [0.1, 0.15) is 5.82 Å². The van der Waals surface area contributed by atoms with Gasteiger partial charge in [0.2, 0.25) is 0 Å². The van der Waals surface area contributed by atoms with Crippen molar-refractivity contribution in [1.29, 1.82) is 0 Å². The molecule has 0 amide bonds. The second kappa shape index (κ2) is 4.13. The molecule has 0 unspecified atom stereocenters. The largest absolute Gasteiger partial charge is 0.286 e. The molecule has 20 heavy (non-hydrogen) atoms. The SMILES string of the molecule is Cc1nnc2c3cc(-c4ccccc4)cnc3ccn12. The minimum Gasteiger partial charge on any atom is -0.286 e. The molecule has 0 aliphatic rings. The molecule has 1 aromatic carbocycles. The number of aromatic nitrogens is 4. The summed E-state index contributed by atoms with van der Waals surface area (Å²) in [7, 11) is 0. The van der Waals surface area contributed by atoms with E-state index in [0.29, 0.717) is 0 Å². The first-order chi connectivity index (χ1) is 9.83. The number of hydrogen-bond donors (Lipinski definition) is 0. The van der Waals surface area contributed by atoms with Crippen molar-refractivity contribution < 1.29 is 0 Å². The maximum Gasteiger partial charge on any atom is 0.170 e. The highest BCUT2D eigenvalue weighted by Crippen LogP contribution is 2.24. The smallest absolute Gasteiger partial charge is 0.170 e. The lowest BCUT2D eigenvalue weighted by Gasteiger charge is -2.04. The molecule has 0 aliphatic heterocycles. The summed E-state index contributed by atoms with van der Waals surface area (Å²) in [6, 6.07) is 14.4. The molecule has 0 radical (unpaired) electrons. The van der Waals surface area contributed by atoms with Gasteiger partial charge in [-0.15, -0.1) is 10.2 Å². The van der Waals surface area contributed by atoms with Crippen molar-refractivity contribution in [3.05, 3.63) is 60.7 Å². The molecule has 0 spiro atoms. The first kappa shape index (κ1) is 11.1. The zero-order valence-corrected chi connectivity index (χ0v) is 11.0. The Bertz CT molecular complexity index is 910. The summed E-state index contributed by atoms with van der Waals surface area (Å²) >= 11 is 0. The van der Waals surface area contributed by atoms with Crippen LogP contribution < -0.4 is 0 Å². The van der Waals surface area contributed by atoms with E-state index in [0.717, 1.165) is 33.5 Å². The average Bonchev–Trinajstić information content (AvgIpc) is 2.89. The quantitative estimate of drug-likeness (QED) is 0.527. The summed E-state index contributed by atoms with van der Waals surface area (Å²) in [4.78, 5) is 4.54. The first-order valence-electron chi connectivity index (χ1n) is 6.48. The molecule has 96 valence electrons. The lowest BCUT2D eigenvalue weighted by molar-refractivity contribution is 1.01. The van der Waals surface area contributed by atoms with Gasteiger partial charge in [-0.25, -0.2) is 0 Å². The Kier molecular flexibility index (Phi) is 2.29. The second-order valence-electron chi connectivity index (χ2n) is 4.78. The Balaban J connectivity index is 2.05. The minimum atomic E-state index is 0.852. The molecule has 3 aromatic heterocycles. The van der Waals surface area contributed by atoms with Crippen LogP contribution in [0.25, 0.3) is 27.7 Å². The molecule has 4 nitrogen and oxygen atoms in total. The topological polar surface area (TPSA) is 43.1 Å². The van der Waals surface area contributed by atoms with Crippen LogP contribution in [-0.4, -0.2) is 19.6 Å². The molecule has 0 bridgehead atoms. The van der Waals surface area contributed by atoms with Gasteiger partial charge in [-0.3, -0.25) is 9.38 Å². The van der Waals surface area contributed by atoms with E-state index < -0.39 is 0 Å². The zero-order chi connectivity index (χ0) is 13.5. The van der Waals surface area contributed by atoms with Crippen LogP contribution in [0.5, 0.6) is 0 Å². The Hall–Kier alpha value is -2.75. The van der Waals surface area contributed by atoms with Crippen LogP contribution in [0.3, 0.4) is 0 Å². The summed E-state index contributed by atoms with van der Waals surface area (Å²) in [5.74, 6) is 0.881. The van der Waals surface area contributed by atoms with Gasteiger partial charge in [0.05, 0.1) is 5.52 Å². The van der Waals surface area contributed by atoms with Crippen molar-refractivity contribution >= 4 is 16.6 Å². The zero-order valence-electron chi connectivity index (χ0n) is 11.0.